The summed E-state index contributed by atoms with van der Waals surface area (Å²) in [5.74, 6) is -3.46. The zero-order valence-electron chi connectivity index (χ0n) is 24.6. The van der Waals surface area contributed by atoms with Crippen molar-refractivity contribution >= 4 is 29.4 Å². The first-order chi connectivity index (χ1) is 17.9. The number of rotatable bonds is 22. The van der Waals surface area contributed by atoms with Gasteiger partial charge in [0.2, 0.25) is 5.91 Å². The molecule has 0 radical (unpaired) electrons. The molecule has 0 rings (SSSR count). The molecule has 0 saturated heterocycles. The van der Waals surface area contributed by atoms with Gasteiger partial charge in [-0.15, -0.1) is 0 Å². The molecule has 3 unspecified atom stereocenters. The number of nitrogens with one attached hydrogen (secondary N) is 2. The second kappa shape index (κ2) is 16.6. The minimum absolute atomic E-state index is 0.0292. The average molecular weight is 560 g/mol. The van der Waals surface area contributed by atoms with E-state index in [1.165, 1.54) is 20.8 Å². The Balaban J connectivity index is 4.73. The number of carbonyl (C=O) groups excluding carboxylic acids is 3. The van der Waals surface area contributed by atoms with Crippen LogP contribution in [0.25, 0.3) is 0 Å². The van der Waals surface area contributed by atoms with Gasteiger partial charge >= 0.3 is 11.9 Å². The number of aliphatic carboxylic acids is 2. The monoisotopic (exact) mass is 559 g/mol. The first kappa shape index (κ1) is 36.6. The number of Topliss-reactive ketones (excluding diaryl/α,β-unsaturated/α-hetero) is 2. The molecule has 0 aromatic rings. The van der Waals surface area contributed by atoms with Crippen LogP contribution in [0.15, 0.2) is 0 Å². The van der Waals surface area contributed by atoms with Gasteiger partial charge in [0.15, 0.2) is 11.6 Å². The van der Waals surface area contributed by atoms with E-state index in [1.54, 1.807) is 6.92 Å². The number of carboxylic acids is 2. The summed E-state index contributed by atoms with van der Waals surface area (Å²) in [5, 5.41) is 24.4. The van der Waals surface area contributed by atoms with E-state index in [2.05, 4.69) is 10.6 Å². The second-order valence-corrected chi connectivity index (χ2v) is 11.2. The smallest absolute Gasteiger partial charge is 0.326 e. The molecule has 12 heteroatoms. The summed E-state index contributed by atoms with van der Waals surface area (Å²) in [4.78, 5) is 60.6. The highest BCUT2D eigenvalue weighted by Crippen LogP contribution is 2.27. The van der Waals surface area contributed by atoms with Crippen LogP contribution in [0, 0.1) is 11.3 Å². The molecule has 0 aromatic heterocycles. The molecular formula is C27H49N3O9. The van der Waals surface area contributed by atoms with Crippen molar-refractivity contribution in [3.05, 3.63) is 0 Å². The van der Waals surface area contributed by atoms with Crippen molar-refractivity contribution in [2.75, 3.05) is 33.0 Å². The molecule has 0 bridgehead atoms. The summed E-state index contributed by atoms with van der Waals surface area (Å²) in [6.45, 7) is 12.9. The topological polar surface area (TPSA) is 194 Å². The van der Waals surface area contributed by atoms with Crippen molar-refractivity contribution in [1.29, 1.82) is 0 Å². The number of carbonyl (C=O) groups is 5. The lowest BCUT2D eigenvalue weighted by Gasteiger charge is -2.32. The van der Waals surface area contributed by atoms with Crippen LogP contribution in [-0.4, -0.2) is 89.7 Å². The van der Waals surface area contributed by atoms with E-state index in [-0.39, 0.29) is 50.0 Å². The molecule has 6 N–H and O–H groups in total. The predicted octanol–water partition coefficient (Wildman–Crippen LogP) is 1.53. The predicted molar refractivity (Wildman–Crippen MR) is 145 cm³/mol. The lowest BCUT2D eigenvalue weighted by Crippen LogP contribution is -2.58. The van der Waals surface area contributed by atoms with Crippen molar-refractivity contribution < 1.29 is 43.7 Å². The van der Waals surface area contributed by atoms with Crippen molar-refractivity contribution in [2.45, 2.75) is 97.7 Å². The summed E-state index contributed by atoms with van der Waals surface area (Å²) >= 11 is 0. The van der Waals surface area contributed by atoms with Gasteiger partial charge in [0, 0.05) is 18.9 Å². The fourth-order valence-corrected chi connectivity index (χ4v) is 3.79. The van der Waals surface area contributed by atoms with E-state index >= 15 is 0 Å². The number of nitrogens with two attached hydrogens (primary N) is 1. The van der Waals surface area contributed by atoms with Crippen LogP contribution in [0.1, 0.15) is 80.6 Å². The van der Waals surface area contributed by atoms with Crippen LogP contribution < -0.4 is 16.4 Å². The molecule has 0 fully saturated rings. The molecule has 226 valence electrons. The van der Waals surface area contributed by atoms with Gasteiger partial charge in [-0.2, -0.15) is 0 Å². The third-order valence-electron chi connectivity index (χ3n) is 7.03. The van der Waals surface area contributed by atoms with Gasteiger partial charge in [-0.25, -0.2) is 4.79 Å². The van der Waals surface area contributed by atoms with Crippen molar-refractivity contribution in [3.8, 4) is 0 Å². The molecule has 4 atom stereocenters. The van der Waals surface area contributed by atoms with Gasteiger partial charge < -0.3 is 36.1 Å². The summed E-state index contributed by atoms with van der Waals surface area (Å²) < 4.78 is 10.8. The zero-order chi connectivity index (χ0) is 30.4. The molecule has 0 aliphatic carbocycles. The average Bonchev–Trinajstić information content (AvgIpc) is 2.85. The van der Waals surface area contributed by atoms with Gasteiger partial charge in [-0.05, 0) is 53.4 Å². The van der Waals surface area contributed by atoms with Crippen LogP contribution >= 0.6 is 0 Å². The van der Waals surface area contributed by atoms with E-state index in [0.29, 0.717) is 26.2 Å². The van der Waals surface area contributed by atoms with E-state index in [0.717, 1.165) is 6.42 Å². The molecule has 0 saturated carbocycles. The normalized spacial score (nSPS) is 16.4. The Morgan fingerprint density at radius 3 is 2.05 bits per heavy atom. The van der Waals surface area contributed by atoms with Gasteiger partial charge in [0.1, 0.15) is 12.6 Å². The summed E-state index contributed by atoms with van der Waals surface area (Å²) in [5.41, 5.74) is 2.18. The van der Waals surface area contributed by atoms with Crippen molar-refractivity contribution in [2.24, 2.45) is 17.1 Å². The van der Waals surface area contributed by atoms with Crippen LogP contribution in [0.3, 0.4) is 0 Å². The Bertz CT molecular complexity index is 844. The Kier molecular flexibility index (Phi) is 15.6. The van der Waals surface area contributed by atoms with Gasteiger partial charge in [0.05, 0.1) is 36.3 Å². The highest BCUT2D eigenvalue weighted by molar-refractivity contribution is 5.91. The van der Waals surface area contributed by atoms with Crippen LogP contribution in [0.2, 0.25) is 0 Å². The summed E-state index contributed by atoms with van der Waals surface area (Å²) in [6, 6.07) is -1.37. The van der Waals surface area contributed by atoms with Gasteiger partial charge in [0.25, 0.3) is 0 Å². The van der Waals surface area contributed by atoms with Crippen LogP contribution in [0.4, 0.5) is 0 Å². The van der Waals surface area contributed by atoms with E-state index in [4.69, 9.17) is 15.2 Å². The fraction of sp³-hybridized carbons (Fsp3) is 0.815. The molecule has 0 aromatic carbocycles. The Morgan fingerprint density at radius 2 is 1.54 bits per heavy atom. The molecular weight excluding hydrogens is 510 g/mol. The van der Waals surface area contributed by atoms with Crippen LogP contribution in [-0.2, 0) is 33.4 Å². The zero-order valence-corrected chi connectivity index (χ0v) is 24.6. The Labute approximate surface area is 231 Å². The molecule has 1 amide bonds. The van der Waals surface area contributed by atoms with Gasteiger partial charge in [-0.1, -0.05) is 20.8 Å². The van der Waals surface area contributed by atoms with E-state index < -0.39 is 40.4 Å². The van der Waals surface area contributed by atoms with Crippen LogP contribution in [0.5, 0.6) is 0 Å². The second-order valence-electron chi connectivity index (χ2n) is 11.2. The molecule has 0 aliphatic rings. The third-order valence-corrected chi connectivity index (χ3v) is 7.03. The van der Waals surface area contributed by atoms with Crippen molar-refractivity contribution in [3.63, 3.8) is 0 Å². The maximum absolute atomic E-state index is 13.0. The minimum Gasteiger partial charge on any atom is -0.481 e. The van der Waals surface area contributed by atoms with Crippen molar-refractivity contribution in [1.82, 2.24) is 10.6 Å². The molecule has 0 spiro atoms. The highest BCUT2D eigenvalue weighted by atomic mass is 16.5. The molecule has 0 heterocycles. The first-order valence-corrected chi connectivity index (χ1v) is 13.5. The quantitative estimate of drug-likeness (QED) is 0.121. The molecule has 0 aliphatic heterocycles. The maximum atomic E-state index is 13.0. The maximum Gasteiger partial charge on any atom is 0.326 e. The number of carboxylic acid groups (broad SMARTS) is 2. The fourth-order valence-electron chi connectivity index (χ4n) is 3.79. The minimum atomic E-state index is -1.63. The summed E-state index contributed by atoms with van der Waals surface area (Å²) in [7, 11) is 0. The van der Waals surface area contributed by atoms with Gasteiger partial charge in [-0.3, -0.25) is 19.2 Å². The third kappa shape index (κ3) is 13.0. The Morgan fingerprint density at radius 1 is 0.949 bits per heavy atom. The lowest BCUT2D eigenvalue weighted by atomic mass is 9.79. The number of ketones is 2. The first-order valence-electron chi connectivity index (χ1n) is 13.5. The van der Waals surface area contributed by atoms with E-state index in [1.807, 2.05) is 20.8 Å². The summed E-state index contributed by atoms with van der Waals surface area (Å²) in [6.07, 6.45) is 0.732. The number of ether oxygens (including phenoxy) is 2. The largest absolute Gasteiger partial charge is 0.481 e. The van der Waals surface area contributed by atoms with E-state index in [9.17, 15) is 34.2 Å². The number of hydrogen-bond donors (Lipinski definition) is 5. The molecule has 39 heavy (non-hydrogen) atoms. The Hall–Kier alpha value is -2.41. The SMILES string of the molecule is CCC(C)C(=O)COCCOCCNC(C)(CC)C(=O)CC[C@H](NC(=O)C(C)(N)CC(C)(C)C(=O)O)C(=O)O. The highest BCUT2D eigenvalue weighted by Gasteiger charge is 2.41. The standard InChI is InChI=1S/C27H49N3O9/c1-8-18(3)20(31)16-39-15-14-38-13-12-29-27(7,9-2)21(32)11-10-19(22(33)34)30-23(35)26(6,28)17-25(4,5)24(36)37/h18-19,29H,8-17,28H2,1-7H3,(H,30,35)(H,33,34)(H,36,37)/t18?,19-,26?,27?/m0/s1. The number of hydrogen-bond acceptors (Lipinski definition) is 9. The lowest BCUT2D eigenvalue weighted by molar-refractivity contribution is -0.149. The number of amides is 1. The molecule has 12 nitrogen and oxygen atoms in total.